The van der Waals surface area contributed by atoms with Crippen molar-refractivity contribution in [2.24, 2.45) is 0 Å². The molecular weight excluding hydrogens is 219 g/mol. The molecule has 34 valence electrons. The van der Waals surface area contributed by atoms with Crippen molar-refractivity contribution < 1.29 is 19.5 Å². The number of alkyl halides is 4. The molecular formula is CCl4Zn. The predicted octanol–water partition coefficient (Wildman–Crippen LogP) is 2.55. The first-order valence-corrected chi connectivity index (χ1v) is 2.27. The summed E-state index contributed by atoms with van der Waals surface area (Å²) >= 11 is 19.3. The van der Waals surface area contributed by atoms with Crippen molar-refractivity contribution >= 4 is 46.4 Å². The Balaban J connectivity index is 0. The Kier molecular flexibility index (Phi) is 6.68. The Bertz CT molecular complexity index is 23.0. The van der Waals surface area contributed by atoms with Crippen LogP contribution in [0.3, 0.4) is 0 Å². The van der Waals surface area contributed by atoms with E-state index in [9.17, 15) is 0 Å². The summed E-state index contributed by atoms with van der Waals surface area (Å²) in [7, 11) is 0. The molecule has 0 aromatic carbocycles. The molecule has 0 aliphatic carbocycles. The normalized spacial score (nSPS) is 10.0. The fraction of sp³-hybridized carbons (Fsp3) is 1.00. The molecule has 0 fully saturated rings. The zero-order chi connectivity index (χ0) is 4.50. The number of rotatable bonds is 0. The van der Waals surface area contributed by atoms with Crippen LogP contribution in [0.1, 0.15) is 0 Å². The van der Waals surface area contributed by atoms with Crippen molar-refractivity contribution in [2.45, 2.75) is 3.25 Å². The van der Waals surface area contributed by atoms with E-state index in [2.05, 4.69) is 0 Å². The molecule has 0 atom stereocenters. The molecule has 0 saturated heterocycles. The fourth-order valence-corrected chi connectivity index (χ4v) is 0. The van der Waals surface area contributed by atoms with Crippen LogP contribution in [0, 0.1) is 0 Å². The van der Waals surface area contributed by atoms with Crippen LogP contribution in [0.5, 0.6) is 0 Å². The molecule has 0 saturated carbocycles. The molecule has 0 N–H and O–H groups in total. The summed E-state index contributed by atoms with van der Waals surface area (Å²) < 4.78 is -1.61. The first-order chi connectivity index (χ1) is 2.00. The van der Waals surface area contributed by atoms with Crippen LogP contribution in [0.15, 0.2) is 0 Å². The van der Waals surface area contributed by atoms with Crippen LogP contribution in [0.4, 0.5) is 0 Å². The second kappa shape index (κ2) is 3.75. The summed E-state index contributed by atoms with van der Waals surface area (Å²) in [6.07, 6.45) is 0. The van der Waals surface area contributed by atoms with Gasteiger partial charge in [-0.25, -0.2) is 0 Å². The number of halogens is 4. The van der Waals surface area contributed by atoms with Crippen LogP contribution >= 0.6 is 46.4 Å². The van der Waals surface area contributed by atoms with E-state index < -0.39 is 3.25 Å². The molecule has 0 amide bonds. The molecule has 0 aromatic rings. The van der Waals surface area contributed by atoms with Crippen LogP contribution in [0.2, 0.25) is 0 Å². The molecule has 0 aromatic heterocycles. The molecule has 0 nitrogen and oxygen atoms in total. The quantitative estimate of drug-likeness (QED) is 0.434. The maximum atomic E-state index is 4.83. The average molecular weight is 219 g/mol. The van der Waals surface area contributed by atoms with Gasteiger partial charge in [0, 0.05) is 19.5 Å². The zero-order valence-electron chi connectivity index (χ0n) is 2.72. The SMILES string of the molecule is ClC(Cl)(Cl)Cl.[Zn]. The zero-order valence-corrected chi connectivity index (χ0v) is 8.71. The molecule has 0 bridgehead atoms. The third-order valence-corrected chi connectivity index (χ3v) is 0. The Morgan fingerprint density at radius 3 is 0.833 bits per heavy atom. The van der Waals surface area contributed by atoms with Gasteiger partial charge in [-0.05, 0) is 0 Å². The van der Waals surface area contributed by atoms with Crippen molar-refractivity contribution in [3.05, 3.63) is 0 Å². The summed E-state index contributed by atoms with van der Waals surface area (Å²) in [6.45, 7) is 0. The van der Waals surface area contributed by atoms with Crippen molar-refractivity contribution in [3.8, 4) is 0 Å². The van der Waals surface area contributed by atoms with Gasteiger partial charge in [-0.1, -0.05) is 46.4 Å². The van der Waals surface area contributed by atoms with Crippen molar-refractivity contribution in [1.82, 2.24) is 0 Å². The van der Waals surface area contributed by atoms with Crippen LogP contribution in [-0.4, -0.2) is 3.25 Å². The van der Waals surface area contributed by atoms with Gasteiger partial charge in [0.25, 0.3) is 3.25 Å². The molecule has 0 rings (SSSR count). The molecule has 0 unspecified atom stereocenters. The Hall–Kier alpha value is 1.78. The number of hydrogen-bond donors (Lipinski definition) is 0. The Labute approximate surface area is 68.8 Å². The first-order valence-electron chi connectivity index (χ1n) is 0.756. The summed E-state index contributed by atoms with van der Waals surface area (Å²) in [5.41, 5.74) is 0. The van der Waals surface area contributed by atoms with E-state index in [0.29, 0.717) is 0 Å². The van der Waals surface area contributed by atoms with Crippen LogP contribution in [-0.2, 0) is 19.5 Å². The topological polar surface area (TPSA) is 0 Å². The van der Waals surface area contributed by atoms with Crippen molar-refractivity contribution in [1.29, 1.82) is 0 Å². The van der Waals surface area contributed by atoms with Crippen molar-refractivity contribution in [2.75, 3.05) is 0 Å². The van der Waals surface area contributed by atoms with Gasteiger partial charge in [-0.15, -0.1) is 0 Å². The van der Waals surface area contributed by atoms with Gasteiger partial charge in [0.1, 0.15) is 0 Å². The third kappa shape index (κ3) is 41.6. The van der Waals surface area contributed by atoms with E-state index in [4.69, 9.17) is 46.4 Å². The standard InChI is InChI=1S/CCl4.Zn/c2-1(3,4)5;. The van der Waals surface area contributed by atoms with E-state index in [1.54, 1.807) is 0 Å². The fourth-order valence-electron chi connectivity index (χ4n) is 0. The summed E-state index contributed by atoms with van der Waals surface area (Å²) in [4.78, 5) is 0. The van der Waals surface area contributed by atoms with E-state index >= 15 is 0 Å². The van der Waals surface area contributed by atoms with Crippen molar-refractivity contribution in [3.63, 3.8) is 0 Å². The van der Waals surface area contributed by atoms with E-state index in [1.807, 2.05) is 0 Å². The molecule has 5 heteroatoms. The van der Waals surface area contributed by atoms with Gasteiger partial charge in [-0.3, -0.25) is 0 Å². The summed E-state index contributed by atoms with van der Waals surface area (Å²) in [6, 6.07) is 0. The second-order valence-corrected chi connectivity index (χ2v) is 3.86. The van der Waals surface area contributed by atoms with E-state index in [1.165, 1.54) is 0 Å². The Morgan fingerprint density at radius 1 is 0.833 bits per heavy atom. The molecule has 6 heavy (non-hydrogen) atoms. The van der Waals surface area contributed by atoms with Gasteiger partial charge in [-0.2, -0.15) is 0 Å². The van der Waals surface area contributed by atoms with Gasteiger partial charge in [0.2, 0.25) is 0 Å². The molecule has 0 aliphatic heterocycles. The maximum Gasteiger partial charge on any atom is 0.266 e. The van der Waals surface area contributed by atoms with Gasteiger partial charge >= 0.3 is 0 Å². The first kappa shape index (κ1) is 10.7. The summed E-state index contributed by atoms with van der Waals surface area (Å²) in [5, 5.41) is 0. The van der Waals surface area contributed by atoms with Crippen LogP contribution in [0.25, 0.3) is 0 Å². The van der Waals surface area contributed by atoms with E-state index in [0.717, 1.165) is 0 Å². The van der Waals surface area contributed by atoms with Gasteiger partial charge < -0.3 is 0 Å². The van der Waals surface area contributed by atoms with Gasteiger partial charge in [0.15, 0.2) is 0 Å². The minimum absolute atomic E-state index is 0. The minimum Gasteiger partial charge on any atom is -0.0664 e. The van der Waals surface area contributed by atoms with E-state index in [-0.39, 0.29) is 19.5 Å². The monoisotopic (exact) mass is 216 g/mol. The maximum absolute atomic E-state index is 4.83. The average Bonchev–Trinajstić information content (AvgIpc) is 0.722. The van der Waals surface area contributed by atoms with Gasteiger partial charge in [0.05, 0.1) is 0 Å². The number of hydrogen-bond acceptors (Lipinski definition) is 0. The predicted molar refractivity (Wildman–Crippen MR) is 26.1 cm³/mol. The Morgan fingerprint density at radius 2 is 0.833 bits per heavy atom. The largest absolute Gasteiger partial charge is 0.266 e. The summed E-state index contributed by atoms with van der Waals surface area (Å²) in [5.74, 6) is 0. The second-order valence-electron chi connectivity index (χ2n) is 0.429. The molecule has 0 spiro atoms. The smallest absolute Gasteiger partial charge is 0.0664 e. The molecule has 0 aliphatic rings. The third-order valence-electron chi connectivity index (χ3n) is 0. The molecule has 0 heterocycles. The van der Waals surface area contributed by atoms with Crippen LogP contribution < -0.4 is 0 Å². The minimum atomic E-state index is -1.61. The molecule has 0 radical (unpaired) electrons.